The summed E-state index contributed by atoms with van der Waals surface area (Å²) < 4.78 is 5.55. The first-order valence-electron chi connectivity index (χ1n) is 6.44. The molecule has 0 saturated carbocycles. The van der Waals surface area contributed by atoms with Crippen molar-refractivity contribution in [2.75, 3.05) is 11.9 Å². The van der Waals surface area contributed by atoms with Gasteiger partial charge in [-0.2, -0.15) is 4.98 Å². The van der Waals surface area contributed by atoms with E-state index in [0.29, 0.717) is 18.4 Å². The summed E-state index contributed by atoms with van der Waals surface area (Å²) in [6, 6.07) is 3.98. The molecule has 0 amide bonds. The molecule has 0 fully saturated rings. The van der Waals surface area contributed by atoms with Crippen molar-refractivity contribution >= 4 is 17.3 Å². The van der Waals surface area contributed by atoms with Gasteiger partial charge in [0.05, 0.1) is 13.2 Å². The Balaban J connectivity index is 2.03. The average Bonchev–Trinajstić information content (AvgIpc) is 2.79. The molecule has 0 aliphatic heterocycles. The molecule has 5 heteroatoms. The summed E-state index contributed by atoms with van der Waals surface area (Å²) in [6.07, 6.45) is 0.972. The molecule has 0 aromatic carbocycles. The van der Waals surface area contributed by atoms with Crippen molar-refractivity contribution in [1.82, 2.24) is 9.97 Å². The Kier molecular flexibility index (Phi) is 4.74. The lowest BCUT2D eigenvalue weighted by Crippen LogP contribution is -2.06. The number of rotatable bonds is 6. The molecule has 102 valence electrons. The summed E-state index contributed by atoms with van der Waals surface area (Å²) in [5, 5.41) is 5.35. The van der Waals surface area contributed by atoms with E-state index in [1.54, 1.807) is 11.3 Å². The van der Waals surface area contributed by atoms with Crippen LogP contribution < -0.4 is 10.1 Å². The second-order valence-electron chi connectivity index (χ2n) is 4.40. The van der Waals surface area contributed by atoms with E-state index in [2.05, 4.69) is 40.6 Å². The minimum Gasteiger partial charge on any atom is -0.478 e. The molecule has 0 atom stereocenters. The number of anilines is 1. The standard InChI is InChI=1S/C14H19N3OS/c1-4-6-18-13-8-11(3)16-14(17-13)15-9-12-10(2)5-7-19-12/h5,7-8H,4,6,9H2,1-3H3,(H,15,16,17). The summed E-state index contributed by atoms with van der Waals surface area (Å²) in [5.41, 5.74) is 2.21. The number of hydrogen-bond donors (Lipinski definition) is 1. The Labute approximate surface area is 117 Å². The smallest absolute Gasteiger partial charge is 0.226 e. The van der Waals surface area contributed by atoms with Crippen molar-refractivity contribution < 1.29 is 4.74 Å². The van der Waals surface area contributed by atoms with E-state index in [9.17, 15) is 0 Å². The molecule has 0 radical (unpaired) electrons. The minimum absolute atomic E-state index is 0.624. The van der Waals surface area contributed by atoms with E-state index >= 15 is 0 Å². The first kappa shape index (κ1) is 13.8. The Morgan fingerprint density at radius 3 is 2.84 bits per heavy atom. The van der Waals surface area contributed by atoms with Gasteiger partial charge in [0.1, 0.15) is 0 Å². The lowest BCUT2D eigenvalue weighted by Gasteiger charge is -2.08. The maximum atomic E-state index is 5.55. The fourth-order valence-electron chi connectivity index (χ4n) is 1.64. The van der Waals surface area contributed by atoms with Crippen LogP contribution >= 0.6 is 11.3 Å². The van der Waals surface area contributed by atoms with Crippen LogP contribution in [0, 0.1) is 13.8 Å². The first-order valence-corrected chi connectivity index (χ1v) is 7.32. The van der Waals surface area contributed by atoms with Crippen LogP contribution in [0.25, 0.3) is 0 Å². The van der Waals surface area contributed by atoms with Crippen LogP contribution in [0.3, 0.4) is 0 Å². The predicted octanol–water partition coefficient (Wildman–Crippen LogP) is 3.56. The van der Waals surface area contributed by atoms with Crippen molar-refractivity contribution in [3.05, 3.63) is 33.6 Å². The van der Waals surface area contributed by atoms with Gasteiger partial charge >= 0.3 is 0 Å². The monoisotopic (exact) mass is 277 g/mol. The quantitative estimate of drug-likeness (QED) is 0.877. The number of nitrogens with one attached hydrogen (secondary N) is 1. The molecular weight excluding hydrogens is 258 g/mol. The van der Waals surface area contributed by atoms with Gasteiger partial charge in [0.15, 0.2) is 0 Å². The zero-order valence-electron chi connectivity index (χ0n) is 11.6. The fourth-order valence-corrected chi connectivity index (χ4v) is 2.49. The third kappa shape index (κ3) is 3.92. The SMILES string of the molecule is CCCOc1cc(C)nc(NCc2sccc2C)n1. The molecule has 2 heterocycles. The van der Waals surface area contributed by atoms with E-state index in [1.165, 1.54) is 10.4 Å². The third-order valence-corrected chi connectivity index (χ3v) is 3.68. The molecule has 2 aromatic rings. The van der Waals surface area contributed by atoms with E-state index in [4.69, 9.17) is 4.74 Å². The summed E-state index contributed by atoms with van der Waals surface area (Å²) in [6.45, 7) is 7.56. The average molecular weight is 277 g/mol. The Hall–Kier alpha value is -1.62. The normalized spacial score (nSPS) is 10.5. The highest BCUT2D eigenvalue weighted by Gasteiger charge is 2.04. The van der Waals surface area contributed by atoms with Crippen LogP contribution in [0.1, 0.15) is 29.5 Å². The van der Waals surface area contributed by atoms with Gasteiger partial charge < -0.3 is 10.1 Å². The van der Waals surface area contributed by atoms with Crippen LogP contribution in [0.4, 0.5) is 5.95 Å². The van der Waals surface area contributed by atoms with Crippen molar-refractivity contribution in [3.63, 3.8) is 0 Å². The van der Waals surface area contributed by atoms with E-state index in [1.807, 2.05) is 13.0 Å². The van der Waals surface area contributed by atoms with E-state index in [-0.39, 0.29) is 0 Å². The number of ether oxygens (including phenoxy) is 1. The molecule has 1 N–H and O–H groups in total. The van der Waals surface area contributed by atoms with Crippen LogP contribution in [0.5, 0.6) is 5.88 Å². The number of thiophene rings is 1. The maximum Gasteiger partial charge on any atom is 0.226 e. The fraction of sp³-hybridized carbons (Fsp3) is 0.429. The maximum absolute atomic E-state index is 5.55. The van der Waals surface area contributed by atoms with E-state index in [0.717, 1.165) is 18.7 Å². The summed E-state index contributed by atoms with van der Waals surface area (Å²) in [5.74, 6) is 1.26. The van der Waals surface area contributed by atoms with Crippen LogP contribution in [-0.4, -0.2) is 16.6 Å². The highest BCUT2D eigenvalue weighted by Crippen LogP contribution is 2.18. The van der Waals surface area contributed by atoms with Gasteiger partial charge in [-0.25, -0.2) is 4.98 Å². The molecule has 0 spiro atoms. The zero-order chi connectivity index (χ0) is 13.7. The number of nitrogens with zero attached hydrogens (tertiary/aromatic N) is 2. The van der Waals surface area contributed by atoms with Gasteiger partial charge in [0.2, 0.25) is 11.8 Å². The topological polar surface area (TPSA) is 47.0 Å². The molecule has 0 aliphatic carbocycles. The lowest BCUT2D eigenvalue weighted by atomic mass is 10.3. The molecule has 0 unspecified atom stereocenters. The second-order valence-corrected chi connectivity index (χ2v) is 5.40. The van der Waals surface area contributed by atoms with Gasteiger partial charge in [0, 0.05) is 16.6 Å². The first-order chi connectivity index (χ1) is 9.19. The number of aromatic nitrogens is 2. The molecule has 2 aromatic heterocycles. The molecule has 19 heavy (non-hydrogen) atoms. The molecule has 2 rings (SSSR count). The number of aryl methyl sites for hydroxylation is 2. The van der Waals surface area contributed by atoms with Crippen molar-refractivity contribution in [2.24, 2.45) is 0 Å². The minimum atomic E-state index is 0.624. The highest BCUT2D eigenvalue weighted by molar-refractivity contribution is 7.10. The van der Waals surface area contributed by atoms with Crippen LogP contribution in [0.2, 0.25) is 0 Å². The highest BCUT2D eigenvalue weighted by atomic mass is 32.1. The second kappa shape index (κ2) is 6.52. The van der Waals surface area contributed by atoms with Crippen molar-refractivity contribution in [1.29, 1.82) is 0 Å². The number of hydrogen-bond acceptors (Lipinski definition) is 5. The molecule has 4 nitrogen and oxygen atoms in total. The van der Waals surface area contributed by atoms with Crippen molar-refractivity contribution in [2.45, 2.75) is 33.7 Å². The van der Waals surface area contributed by atoms with Gasteiger partial charge in [-0.3, -0.25) is 0 Å². The zero-order valence-corrected chi connectivity index (χ0v) is 12.4. The Bertz CT molecular complexity index is 539. The van der Waals surface area contributed by atoms with Gasteiger partial charge in [-0.15, -0.1) is 11.3 Å². The van der Waals surface area contributed by atoms with Crippen molar-refractivity contribution in [3.8, 4) is 5.88 Å². The molecular formula is C14H19N3OS. The van der Waals surface area contributed by atoms with Crippen LogP contribution in [-0.2, 0) is 6.54 Å². The molecule has 0 bridgehead atoms. The third-order valence-electron chi connectivity index (χ3n) is 2.66. The molecule has 0 saturated heterocycles. The summed E-state index contributed by atoms with van der Waals surface area (Å²) >= 11 is 1.74. The Morgan fingerprint density at radius 1 is 1.32 bits per heavy atom. The van der Waals surface area contributed by atoms with E-state index < -0.39 is 0 Å². The lowest BCUT2D eigenvalue weighted by molar-refractivity contribution is 0.305. The predicted molar refractivity (Wildman–Crippen MR) is 78.9 cm³/mol. The summed E-state index contributed by atoms with van der Waals surface area (Å²) in [7, 11) is 0. The largest absolute Gasteiger partial charge is 0.478 e. The molecule has 0 aliphatic rings. The van der Waals surface area contributed by atoms with Gasteiger partial charge in [-0.05, 0) is 37.3 Å². The van der Waals surface area contributed by atoms with Gasteiger partial charge in [0.25, 0.3) is 0 Å². The van der Waals surface area contributed by atoms with Gasteiger partial charge in [-0.1, -0.05) is 6.92 Å². The van der Waals surface area contributed by atoms with Crippen LogP contribution in [0.15, 0.2) is 17.5 Å². The summed E-state index contributed by atoms with van der Waals surface area (Å²) in [4.78, 5) is 10.0. The Morgan fingerprint density at radius 2 is 2.16 bits per heavy atom.